The van der Waals surface area contributed by atoms with E-state index in [0.717, 1.165) is 5.56 Å². The molecule has 2 rings (SSSR count). The van der Waals surface area contributed by atoms with Gasteiger partial charge in [-0.1, -0.05) is 63.2 Å². The molecular formula is C19H21NO3. The third-order valence-corrected chi connectivity index (χ3v) is 3.59. The Kier molecular flexibility index (Phi) is 4.96. The van der Waals surface area contributed by atoms with Crippen molar-refractivity contribution in [2.45, 2.75) is 32.4 Å². The molecule has 0 aliphatic rings. The van der Waals surface area contributed by atoms with Crippen LogP contribution in [0.5, 0.6) is 0 Å². The number of Topliss-reactive ketones (excluding diaryl/α,β-unsaturated/α-hetero) is 1. The number of rotatable bonds is 4. The first kappa shape index (κ1) is 16.9. The van der Waals surface area contributed by atoms with Crippen LogP contribution in [-0.4, -0.2) is 23.0 Å². The maximum Gasteiger partial charge on any atom is 0.253 e. The van der Waals surface area contributed by atoms with E-state index in [4.69, 9.17) is 0 Å². The molecule has 2 N–H and O–H groups in total. The van der Waals surface area contributed by atoms with Crippen LogP contribution in [0.2, 0.25) is 0 Å². The number of benzene rings is 2. The minimum absolute atomic E-state index is 0.00219. The van der Waals surface area contributed by atoms with Gasteiger partial charge in [-0.15, -0.1) is 0 Å². The van der Waals surface area contributed by atoms with Gasteiger partial charge < -0.3 is 10.4 Å². The summed E-state index contributed by atoms with van der Waals surface area (Å²) in [6.07, 6.45) is -1.56. The quantitative estimate of drug-likeness (QED) is 0.674. The number of aliphatic hydroxyl groups is 1. The molecule has 23 heavy (non-hydrogen) atoms. The van der Waals surface area contributed by atoms with Crippen LogP contribution in [0.1, 0.15) is 47.1 Å². The maximum absolute atomic E-state index is 12.1. The van der Waals surface area contributed by atoms with Gasteiger partial charge in [0, 0.05) is 11.1 Å². The topological polar surface area (TPSA) is 66.4 Å². The average molecular weight is 311 g/mol. The van der Waals surface area contributed by atoms with Crippen LogP contribution < -0.4 is 5.32 Å². The van der Waals surface area contributed by atoms with Gasteiger partial charge in [-0.25, -0.2) is 0 Å². The molecular weight excluding hydrogens is 290 g/mol. The van der Waals surface area contributed by atoms with E-state index >= 15 is 0 Å². The fourth-order valence-electron chi connectivity index (χ4n) is 2.15. The fraction of sp³-hybridized carbons (Fsp3) is 0.263. The summed E-state index contributed by atoms with van der Waals surface area (Å²) in [5.41, 5.74) is 1.86. The molecule has 0 bridgehead atoms. The summed E-state index contributed by atoms with van der Waals surface area (Å²) in [6, 6.07) is 15.5. The van der Waals surface area contributed by atoms with Crippen LogP contribution in [0.3, 0.4) is 0 Å². The summed E-state index contributed by atoms with van der Waals surface area (Å²) in [5, 5.41) is 12.2. The van der Waals surface area contributed by atoms with Crippen LogP contribution in [0, 0.1) is 0 Å². The molecule has 2 aromatic carbocycles. The lowest BCUT2D eigenvalue weighted by Gasteiger charge is -2.19. The molecule has 0 saturated heterocycles. The molecule has 4 nitrogen and oxygen atoms in total. The first-order chi connectivity index (χ1) is 10.8. The van der Waals surface area contributed by atoms with Gasteiger partial charge in [0.25, 0.3) is 5.91 Å². The highest BCUT2D eigenvalue weighted by molar-refractivity contribution is 6.03. The van der Waals surface area contributed by atoms with Gasteiger partial charge in [0.2, 0.25) is 5.78 Å². The second kappa shape index (κ2) is 6.75. The summed E-state index contributed by atoms with van der Waals surface area (Å²) in [5.74, 6) is -1.02. The van der Waals surface area contributed by atoms with E-state index in [1.165, 1.54) is 0 Å². The smallest absolute Gasteiger partial charge is 0.253 e. The predicted molar refractivity (Wildman–Crippen MR) is 89.4 cm³/mol. The Morgan fingerprint density at radius 3 is 2.00 bits per heavy atom. The summed E-state index contributed by atoms with van der Waals surface area (Å²) < 4.78 is 0. The second-order valence-electron chi connectivity index (χ2n) is 6.43. The summed E-state index contributed by atoms with van der Waals surface area (Å²) in [7, 11) is 0. The first-order valence-corrected chi connectivity index (χ1v) is 7.48. The van der Waals surface area contributed by atoms with Gasteiger partial charge in [-0.3, -0.25) is 9.59 Å². The molecule has 0 heterocycles. The molecule has 0 aliphatic heterocycles. The van der Waals surface area contributed by atoms with E-state index in [0.29, 0.717) is 11.1 Å². The predicted octanol–water partition coefficient (Wildman–Crippen LogP) is 2.92. The van der Waals surface area contributed by atoms with Crippen molar-refractivity contribution < 1.29 is 14.7 Å². The zero-order valence-corrected chi connectivity index (χ0v) is 13.5. The molecule has 0 saturated carbocycles. The SMILES string of the molecule is CC(C)(C)c1ccc(C(=O)NC(O)C(=O)c2ccccc2)cc1. The molecule has 0 fully saturated rings. The molecule has 1 amide bonds. The average Bonchev–Trinajstić information content (AvgIpc) is 2.54. The largest absolute Gasteiger partial charge is 0.367 e. The van der Waals surface area contributed by atoms with Crippen LogP contribution in [0.25, 0.3) is 0 Å². The highest BCUT2D eigenvalue weighted by atomic mass is 16.3. The van der Waals surface area contributed by atoms with E-state index < -0.39 is 17.9 Å². The van der Waals surface area contributed by atoms with Crippen LogP contribution in [0.15, 0.2) is 54.6 Å². The number of ketones is 1. The van der Waals surface area contributed by atoms with Crippen LogP contribution >= 0.6 is 0 Å². The Bertz CT molecular complexity index is 685. The number of hydrogen-bond acceptors (Lipinski definition) is 3. The van der Waals surface area contributed by atoms with Gasteiger partial charge in [0.05, 0.1) is 0 Å². The zero-order chi connectivity index (χ0) is 17.0. The monoisotopic (exact) mass is 311 g/mol. The minimum Gasteiger partial charge on any atom is -0.367 e. The number of nitrogens with one attached hydrogen (secondary N) is 1. The number of hydrogen-bond donors (Lipinski definition) is 2. The van der Waals surface area contributed by atoms with Crippen molar-refractivity contribution in [3.8, 4) is 0 Å². The van der Waals surface area contributed by atoms with E-state index in [1.54, 1.807) is 42.5 Å². The lowest BCUT2D eigenvalue weighted by atomic mass is 9.87. The third-order valence-electron chi connectivity index (χ3n) is 3.59. The lowest BCUT2D eigenvalue weighted by Crippen LogP contribution is -2.40. The molecule has 0 radical (unpaired) electrons. The summed E-state index contributed by atoms with van der Waals surface area (Å²) in [4.78, 5) is 24.2. The third kappa shape index (κ3) is 4.27. The van der Waals surface area contributed by atoms with Gasteiger partial charge in [-0.2, -0.15) is 0 Å². The normalized spacial score (nSPS) is 12.5. The number of carbonyl (C=O) groups excluding carboxylic acids is 2. The molecule has 0 aliphatic carbocycles. The van der Waals surface area contributed by atoms with Crippen molar-refractivity contribution in [3.05, 3.63) is 71.3 Å². The van der Waals surface area contributed by atoms with Crippen molar-refractivity contribution >= 4 is 11.7 Å². The number of carbonyl (C=O) groups is 2. The molecule has 0 spiro atoms. The summed E-state index contributed by atoms with van der Waals surface area (Å²) >= 11 is 0. The van der Waals surface area contributed by atoms with Gasteiger partial charge in [0.1, 0.15) is 0 Å². The van der Waals surface area contributed by atoms with Gasteiger partial charge >= 0.3 is 0 Å². The molecule has 2 aromatic rings. The minimum atomic E-state index is -1.56. The Morgan fingerprint density at radius 1 is 0.913 bits per heavy atom. The highest BCUT2D eigenvalue weighted by Crippen LogP contribution is 2.22. The van der Waals surface area contributed by atoms with Gasteiger partial charge in [0.15, 0.2) is 6.23 Å². The fourth-order valence-corrected chi connectivity index (χ4v) is 2.15. The Hall–Kier alpha value is -2.46. The molecule has 0 aromatic heterocycles. The molecule has 4 heteroatoms. The van der Waals surface area contributed by atoms with Crippen molar-refractivity contribution in [1.82, 2.24) is 5.32 Å². The molecule has 120 valence electrons. The number of aliphatic hydroxyl groups excluding tert-OH is 1. The van der Waals surface area contributed by atoms with E-state index in [2.05, 4.69) is 26.1 Å². The van der Waals surface area contributed by atoms with Crippen molar-refractivity contribution in [2.75, 3.05) is 0 Å². The van der Waals surface area contributed by atoms with E-state index in [9.17, 15) is 14.7 Å². The van der Waals surface area contributed by atoms with Crippen LogP contribution in [0.4, 0.5) is 0 Å². The van der Waals surface area contributed by atoms with Crippen molar-refractivity contribution in [3.63, 3.8) is 0 Å². The maximum atomic E-state index is 12.1. The Morgan fingerprint density at radius 2 is 1.48 bits per heavy atom. The van der Waals surface area contributed by atoms with Crippen molar-refractivity contribution in [1.29, 1.82) is 0 Å². The second-order valence-corrected chi connectivity index (χ2v) is 6.43. The Labute approximate surface area is 136 Å². The van der Waals surface area contributed by atoms with Gasteiger partial charge in [-0.05, 0) is 23.1 Å². The summed E-state index contributed by atoms with van der Waals surface area (Å²) in [6.45, 7) is 6.26. The van der Waals surface area contributed by atoms with Crippen LogP contribution in [-0.2, 0) is 5.41 Å². The molecule has 1 atom stereocenters. The zero-order valence-electron chi connectivity index (χ0n) is 13.5. The molecule has 1 unspecified atom stereocenters. The standard InChI is InChI=1S/C19H21NO3/c1-19(2,3)15-11-9-14(10-12-15)17(22)20-18(23)16(21)13-7-5-4-6-8-13/h4-12,18,23H,1-3H3,(H,20,22). The lowest BCUT2D eigenvalue weighted by molar-refractivity contribution is 0.0607. The first-order valence-electron chi connectivity index (χ1n) is 7.48. The van der Waals surface area contributed by atoms with E-state index in [1.807, 2.05) is 12.1 Å². The van der Waals surface area contributed by atoms with E-state index in [-0.39, 0.29) is 5.41 Å². The van der Waals surface area contributed by atoms with Crippen molar-refractivity contribution in [2.24, 2.45) is 0 Å². The number of amides is 1. The highest BCUT2D eigenvalue weighted by Gasteiger charge is 2.20. The Balaban J connectivity index is 2.05.